The third kappa shape index (κ3) is 4.12. The predicted octanol–water partition coefficient (Wildman–Crippen LogP) is 5.10. The molecular formula is C23H22N4OS. The van der Waals surface area contributed by atoms with Crippen LogP contribution < -0.4 is 5.32 Å². The molecule has 6 heteroatoms. The van der Waals surface area contributed by atoms with E-state index in [0.29, 0.717) is 0 Å². The summed E-state index contributed by atoms with van der Waals surface area (Å²) in [6.07, 6.45) is 0.282. The molecule has 0 unspecified atom stereocenters. The number of hydrogen-bond acceptors (Lipinski definition) is 4. The van der Waals surface area contributed by atoms with Crippen molar-refractivity contribution in [1.82, 2.24) is 14.8 Å². The van der Waals surface area contributed by atoms with Crippen LogP contribution in [0.5, 0.6) is 0 Å². The number of carbonyl (C=O) groups is 1. The van der Waals surface area contributed by atoms with Gasteiger partial charge < -0.3 is 5.32 Å². The second kappa shape index (κ2) is 8.01. The Balaban J connectivity index is 1.52. The number of hydrogen-bond donors (Lipinski definition) is 1. The van der Waals surface area contributed by atoms with Gasteiger partial charge in [-0.15, -0.1) is 11.3 Å². The number of thiazole rings is 1. The first kappa shape index (κ1) is 19.1. The van der Waals surface area contributed by atoms with Crippen molar-refractivity contribution >= 4 is 22.9 Å². The molecule has 0 fully saturated rings. The van der Waals surface area contributed by atoms with Gasteiger partial charge in [0.05, 0.1) is 28.5 Å². The number of amides is 1. The summed E-state index contributed by atoms with van der Waals surface area (Å²) >= 11 is 1.62. The summed E-state index contributed by atoms with van der Waals surface area (Å²) in [7, 11) is 0. The van der Waals surface area contributed by atoms with Gasteiger partial charge in [0.25, 0.3) is 0 Å². The third-order valence-corrected chi connectivity index (χ3v) is 5.61. The first-order valence-corrected chi connectivity index (χ1v) is 10.3. The molecule has 29 heavy (non-hydrogen) atoms. The largest absolute Gasteiger partial charge is 0.326 e. The summed E-state index contributed by atoms with van der Waals surface area (Å²) in [6.45, 7) is 5.93. The summed E-state index contributed by atoms with van der Waals surface area (Å²) in [4.78, 5) is 17.2. The molecule has 0 radical (unpaired) electrons. The van der Waals surface area contributed by atoms with E-state index in [9.17, 15) is 4.79 Å². The molecule has 4 aromatic rings. The Bertz CT molecular complexity index is 1160. The van der Waals surface area contributed by atoms with Crippen LogP contribution in [-0.2, 0) is 11.2 Å². The Kier molecular flexibility index (Phi) is 5.27. The Morgan fingerprint density at radius 1 is 1.07 bits per heavy atom. The molecule has 2 aromatic heterocycles. The number of anilines is 1. The Hall–Kier alpha value is -3.25. The monoisotopic (exact) mass is 402 g/mol. The van der Waals surface area contributed by atoms with Gasteiger partial charge in [-0.05, 0) is 45.0 Å². The zero-order chi connectivity index (χ0) is 20.4. The number of aromatic nitrogens is 3. The van der Waals surface area contributed by atoms with Crippen LogP contribution in [0.3, 0.4) is 0 Å². The number of aryl methyl sites for hydroxylation is 2. The molecule has 0 saturated carbocycles. The van der Waals surface area contributed by atoms with E-state index in [2.05, 4.69) is 15.4 Å². The summed E-state index contributed by atoms with van der Waals surface area (Å²) in [5.41, 5.74) is 6.49. The lowest BCUT2D eigenvalue weighted by molar-refractivity contribution is -0.115. The van der Waals surface area contributed by atoms with Crippen LogP contribution in [-0.4, -0.2) is 20.7 Å². The van der Waals surface area contributed by atoms with E-state index in [1.165, 1.54) is 0 Å². The molecule has 2 heterocycles. The standard InChI is InChI=1S/C23H22N4OS/c1-15-21(16(2)27(26-15)20-10-5-4-6-11-20)13-23(28)25-19-9-7-8-18(12-19)22-14-29-17(3)24-22/h4-12,14H,13H2,1-3H3,(H,25,28). The highest BCUT2D eigenvalue weighted by molar-refractivity contribution is 7.09. The third-order valence-electron chi connectivity index (χ3n) is 4.84. The van der Waals surface area contributed by atoms with Crippen LogP contribution in [0, 0.1) is 20.8 Å². The van der Waals surface area contributed by atoms with Gasteiger partial charge in [0, 0.05) is 27.9 Å². The number of para-hydroxylation sites is 1. The van der Waals surface area contributed by atoms with E-state index in [1.807, 2.05) is 85.4 Å². The van der Waals surface area contributed by atoms with E-state index in [4.69, 9.17) is 0 Å². The second-order valence-corrected chi connectivity index (χ2v) is 8.02. The lowest BCUT2D eigenvalue weighted by Crippen LogP contribution is -2.15. The van der Waals surface area contributed by atoms with Gasteiger partial charge >= 0.3 is 0 Å². The highest BCUT2D eigenvalue weighted by atomic mass is 32.1. The molecule has 1 amide bonds. The van der Waals surface area contributed by atoms with Crippen molar-refractivity contribution in [3.05, 3.63) is 81.9 Å². The fourth-order valence-corrected chi connectivity index (χ4v) is 3.99. The molecule has 0 atom stereocenters. The molecule has 2 aromatic carbocycles. The van der Waals surface area contributed by atoms with Crippen molar-refractivity contribution in [3.63, 3.8) is 0 Å². The van der Waals surface area contributed by atoms with Gasteiger partial charge in [-0.3, -0.25) is 4.79 Å². The topological polar surface area (TPSA) is 59.8 Å². The van der Waals surface area contributed by atoms with Crippen molar-refractivity contribution in [2.75, 3.05) is 5.32 Å². The van der Waals surface area contributed by atoms with Crippen molar-refractivity contribution in [1.29, 1.82) is 0 Å². The van der Waals surface area contributed by atoms with Crippen LogP contribution in [0.1, 0.15) is 22.0 Å². The van der Waals surface area contributed by atoms with Gasteiger partial charge in [0.2, 0.25) is 5.91 Å². The van der Waals surface area contributed by atoms with E-state index in [1.54, 1.807) is 11.3 Å². The first-order chi connectivity index (χ1) is 14.0. The van der Waals surface area contributed by atoms with Crippen molar-refractivity contribution in [2.45, 2.75) is 27.2 Å². The highest BCUT2D eigenvalue weighted by Gasteiger charge is 2.16. The molecule has 5 nitrogen and oxygen atoms in total. The van der Waals surface area contributed by atoms with Gasteiger partial charge in [0.1, 0.15) is 0 Å². The average molecular weight is 403 g/mol. The smallest absolute Gasteiger partial charge is 0.228 e. The summed E-state index contributed by atoms with van der Waals surface area (Å²) < 4.78 is 1.89. The molecule has 0 aliphatic heterocycles. The lowest BCUT2D eigenvalue weighted by atomic mass is 10.1. The Morgan fingerprint density at radius 2 is 1.86 bits per heavy atom. The van der Waals surface area contributed by atoms with Gasteiger partial charge in [-0.25, -0.2) is 9.67 Å². The first-order valence-electron chi connectivity index (χ1n) is 9.44. The molecule has 0 aliphatic carbocycles. The van der Waals surface area contributed by atoms with Gasteiger partial charge in [-0.1, -0.05) is 30.3 Å². The van der Waals surface area contributed by atoms with Gasteiger partial charge in [0.15, 0.2) is 0 Å². The zero-order valence-electron chi connectivity index (χ0n) is 16.6. The van der Waals surface area contributed by atoms with E-state index in [-0.39, 0.29) is 12.3 Å². The summed E-state index contributed by atoms with van der Waals surface area (Å²) in [5.74, 6) is -0.0598. The van der Waals surface area contributed by atoms with Crippen LogP contribution in [0.15, 0.2) is 60.0 Å². The maximum atomic E-state index is 12.7. The van der Waals surface area contributed by atoms with E-state index >= 15 is 0 Å². The number of nitrogens with one attached hydrogen (secondary N) is 1. The zero-order valence-corrected chi connectivity index (χ0v) is 17.5. The molecule has 1 N–H and O–H groups in total. The average Bonchev–Trinajstić information content (AvgIpc) is 3.27. The van der Waals surface area contributed by atoms with Crippen LogP contribution in [0.25, 0.3) is 16.9 Å². The van der Waals surface area contributed by atoms with Gasteiger partial charge in [-0.2, -0.15) is 5.10 Å². The minimum atomic E-state index is -0.0598. The molecule has 0 spiro atoms. The summed E-state index contributed by atoms with van der Waals surface area (Å²) in [5, 5.41) is 10.7. The van der Waals surface area contributed by atoms with E-state index < -0.39 is 0 Å². The quantitative estimate of drug-likeness (QED) is 0.505. The van der Waals surface area contributed by atoms with Crippen LogP contribution in [0.2, 0.25) is 0 Å². The second-order valence-electron chi connectivity index (χ2n) is 6.95. The number of rotatable bonds is 5. The molecule has 0 saturated heterocycles. The molecule has 4 rings (SSSR count). The van der Waals surface area contributed by atoms with Crippen molar-refractivity contribution < 1.29 is 4.79 Å². The number of benzene rings is 2. The minimum absolute atomic E-state index is 0.0598. The fraction of sp³-hybridized carbons (Fsp3) is 0.174. The normalized spacial score (nSPS) is 10.9. The van der Waals surface area contributed by atoms with Crippen LogP contribution in [0.4, 0.5) is 5.69 Å². The maximum Gasteiger partial charge on any atom is 0.228 e. The fourth-order valence-electron chi connectivity index (χ4n) is 3.37. The predicted molar refractivity (Wildman–Crippen MR) is 118 cm³/mol. The van der Waals surface area contributed by atoms with Crippen LogP contribution >= 0.6 is 11.3 Å². The molecule has 0 aliphatic rings. The van der Waals surface area contributed by atoms with Crippen molar-refractivity contribution in [3.8, 4) is 16.9 Å². The molecular weight excluding hydrogens is 380 g/mol. The Morgan fingerprint density at radius 3 is 2.59 bits per heavy atom. The minimum Gasteiger partial charge on any atom is -0.326 e. The summed E-state index contributed by atoms with van der Waals surface area (Å²) in [6, 6.07) is 17.7. The molecule has 0 bridgehead atoms. The molecule has 146 valence electrons. The number of carbonyl (C=O) groups excluding carboxylic acids is 1. The highest BCUT2D eigenvalue weighted by Crippen LogP contribution is 2.24. The van der Waals surface area contributed by atoms with Crippen molar-refractivity contribution in [2.24, 2.45) is 0 Å². The maximum absolute atomic E-state index is 12.7. The lowest BCUT2D eigenvalue weighted by Gasteiger charge is -2.08. The number of nitrogens with zero attached hydrogens (tertiary/aromatic N) is 3. The SMILES string of the molecule is Cc1nc(-c2cccc(NC(=O)Cc3c(C)nn(-c4ccccc4)c3C)c2)cs1. The van der Waals surface area contributed by atoms with E-state index in [0.717, 1.165) is 44.6 Å². The Labute approximate surface area is 174 Å².